The fourth-order valence-electron chi connectivity index (χ4n) is 1.35. The highest BCUT2D eigenvalue weighted by Crippen LogP contribution is 2.11. The van der Waals surface area contributed by atoms with Crippen LogP contribution in [0, 0.1) is 5.92 Å². The fourth-order valence-corrected chi connectivity index (χ4v) is 1.35. The molecule has 0 rings (SSSR count). The summed E-state index contributed by atoms with van der Waals surface area (Å²) < 4.78 is 0. The van der Waals surface area contributed by atoms with Crippen LogP contribution in [0.5, 0.6) is 0 Å². The molecule has 94 valence electrons. The van der Waals surface area contributed by atoms with Gasteiger partial charge >= 0.3 is 5.97 Å². The van der Waals surface area contributed by atoms with Gasteiger partial charge < -0.3 is 16.2 Å². The van der Waals surface area contributed by atoms with E-state index in [2.05, 4.69) is 5.32 Å². The second kappa shape index (κ2) is 5.84. The average molecular weight is 230 g/mol. The molecule has 0 aromatic rings. The summed E-state index contributed by atoms with van der Waals surface area (Å²) in [6.07, 6.45) is 0.694. The number of rotatable bonds is 6. The molecule has 5 nitrogen and oxygen atoms in total. The molecule has 0 radical (unpaired) electrons. The van der Waals surface area contributed by atoms with Crippen LogP contribution in [0.15, 0.2) is 0 Å². The van der Waals surface area contributed by atoms with Crippen molar-refractivity contribution in [1.29, 1.82) is 0 Å². The molecule has 0 aliphatic rings. The first-order valence-corrected chi connectivity index (χ1v) is 5.49. The predicted molar refractivity (Wildman–Crippen MR) is 61.9 cm³/mol. The summed E-state index contributed by atoms with van der Waals surface area (Å²) >= 11 is 0. The molecule has 2 atom stereocenters. The number of amides is 1. The molecule has 0 heterocycles. The van der Waals surface area contributed by atoms with Gasteiger partial charge in [0, 0.05) is 5.54 Å². The molecule has 0 saturated heterocycles. The Morgan fingerprint density at radius 3 is 2.31 bits per heavy atom. The molecule has 16 heavy (non-hydrogen) atoms. The van der Waals surface area contributed by atoms with Gasteiger partial charge in [-0.05, 0) is 19.8 Å². The quantitative estimate of drug-likeness (QED) is 0.627. The first-order valence-electron chi connectivity index (χ1n) is 5.49. The minimum atomic E-state index is -0.942. The van der Waals surface area contributed by atoms with E-state index >= 15 is 0 Å². The molecule has 2 unspecified atom stereocenters. The average Bonchev–Trinajstić information content (AvgIpc) is 2.12. The molecule has 0 spiro atoms. The van der Waals surface area contributed by atoms with Gasteiger partial charge in [-0.15, -0.1) is 0 Å². The molecule has 4 N–H and O–H groups in total. The van der Waals surface area contributed by atoms with Crippen molar-refractivity contribution in [1.82, 2.24) is 5.32 Å². The Morgan fingerprint density at radius 2 is 1.94 bits per heavy atom. The van der Waals surface area contributed by atoms with Gasteiger partial charge in [-0.1, -0.05) is 20.3 Å². The maximum Gasteiger partial charge on any atom is 0.305 e. The van der Waals surface area contributed by atoms with Gasteiger partial charge in [0.05, 0.1) is 12.5 Å². The lowest BCUT2D eigenvalue weighted by Crippen LogP contribution is -2.53. The van der Waals surface area contributed by atoms with Crippen LogP contribution in [0.1, 0.15) is 40.5 Å². The Balaban J connectivity index is 4.38. The van der Waals surface area contributed by atoms with E-state index in [0.29, 0.717) is 0 Å². The van der Waals surface area contributed by atoms with E-state index in [0.717, 1.165) is 6.42 Å². The Morgan fingerprint density at radius 1 is 1.44 bits per heavy atom. The van der Waals surface area contributed by atoms with E-state index in [1.54, 1.807) is 13.8 Å². The second-order valence-corrected chi connectivity index (χ2v) is 4.85. The van der Waals surface area contributed by atoms with E-state index < -0.39 is 17.6 Å². The van der Waals surface area contributed by atoms with E-state index in [1.807, 2.05) is 13.8 Å². The normalized spacial score (nSPS) is 15.3. The molecule has 0 aliphatic carbocycles. The van der Waals surface area contributed by atoms with E-state index in [-0.39, 0.29) is 18.2 Å². The monoisotopic (exact) mass is 230 g/mol. The zero-order chi connectivity index (χ0) is 12.9. The molecule has 1 amide bonds. The third-order valence-corrected chi connectivity index (χ3v) is 2.61. The molecular formula is C11H22N2O3. The molecule has 0 saturated carbocycles. The molecule has 0 fully saturated rings. The van der Waals surface area contributed by atoms with Crippen molar-refractivity contribution in [2.45, 2.75) is 52.1 Å². The van der Waals surface area contributed by atoms with Crippen LogP contribution in [0.2, 0.25) is 0 Å². The maximum absolute atomic E-state index is 11.7. The molecule has 5 heteroatoms. The molecule has 0 aliphatic heterocycles. The van der Waals surface area contributed by atoms with Crippen molar-refractivity contribution in [3.8, 4) is 0 Å². The van der Waals surface area contributed by atoms with Crippen LogP contribution in [0.3, 0.4) is 0 Å². The second-order valence-electron chi connectivity index (χ2n) is 4.85. The Kier molecular flexibility index (Phi) is 5.44. The van der Waals surface area contributed by atoms with Crippen molar-refractivity contribution < 1.29 is 14.7 Å². The SMILES string of the molecule is CCC(C)C(N)C(=O)NC(C)(C)CC(=O)O. The van der Waals surface area contributed by atoms with Crippen molar-refractivity contribution >= 4 is 11.9 Å². The van der Waals surface area contributed by atoms with Crippen LogP contribution < -0.4 is 11.1 Å². The van der Waals surface area contributed by atoms with Crippen molar-refractivity contribution in [2.24, 2.45) is 11.7 Å². The Hall–Kier alpha value is -1.10. The van der Waals surface area contributed by atoms with Gasteiger partial charge in [-0.2, -0.15) is 0 Å². The summed E-state index contributed by atoms with van der Waals surface area (Å²) in [7, 11) is 0. The van der Waals surface area contributed by atoms with Crippen LogP contribution >= 0.6 is 0 Å². The van der Waals surface area contributed by atoms with Gasteiger partial charge in [0.2, 0.25) is 5.91 Å². The number of nitrogens with one attached hydrogen (secondary N) is 1. The molecule has 0 aromatic heterocycles. The van der Waals surface area contributed by atoms with Crippen LogP contribution in [-0.4, -0.2) is 28.6 Å². The Labute approximate surface area is 96.4 Å². The largest absolute Gasteiger partial charge is 0.481 e. The fraction of sp³-hybridized carbons (Fsp3) is 0.818. The lowest BCUT2D eigenvalue weighted by Gasteiger charge is -2.27. The summed E-state index contributed by atoms with van der Waals surface area (Å²) in [6, 6.07) is -0.585. The minimum absolute atomic E-state index is 0.0839. The number of hydrogen-bond donors (Lipinski definition) is 3. The van der Waals surface area contributed by atoms with E-state index in [1.165, 1.54) is 0 Å². The van der Waals surface area contributed by atoms with E-state index in [4.69, 9.17) is 10.8 Å². The minimum Gasteiger partial charge on any atom is -0.481 e. The first kappa shape index (κ1) is 14.9. The molecule has 0 bridgehead atoms. The van der Waals surface area contributed by atoms with Crippen molar-refractivity contribution in [2.75, 3.05) is 0 Å². The van der Waals surface area contributed by atoms with Crippen LogP contribution in [0.25, 0.3) is 0 Å². The van der Waals surface area contributed by atoms with Crippen LogP contribution in [-0.2, 0) is 9.59 Å². The van der Waals surface area contributed by atoms with Gasteiger partial charge in [-0.3, -0.25) is 9.59 Å². The summed E-state index contributed by atoms with van der Waals surface area (Å²) in [5, 5.41) is 11.3. The third-order valence-electron chi connectivity index (χ3n) is 2.61. The van der Waals surface area contributed by atoms with Crippen LogP contribution in [0.4, 0.5) is 0 Å². The summed E-state index contributed by atoms with van der Waals surface area (Å²) in [4.78, 5) is 22.3. The smallest absolute Gasteiger partial charge is 0.305 e. The Bertz CT molecular complexity index is 264. The number of nitrogens with two attached hydrogens (primary N) is 1. The van der Waals surface area contributed by atoms with Gasteiger partial charge in [0.15, 0.2) is 0 Å². The van der Waals surface area contributed by atoms with Gasteiger partial charge in [-0.25, -0.2) is 0 Å². The highest BCUT2D eigenvalue weighted by atomic mass is 16.4. The number of carbonyl (C=O) groups excluding carboxylic acids is 1. The van der Waals surface area contributed by atoms with Crippen molar-refractivity contribution in [3.63, 3.8) is 0 Å². The summed E-state index contributed by atoms with van der Waals surface area (Å²) in [5.74, 6) is -1.15. The predicted octanol–water partition coefficient (Wildman–Crippen LogP) is 0.729. The molecule has 0 aromatic carbocycles. The van der Waals surface area contributed by atoms with E-state index in [9.17, 15) is 9.59 Å². The highest BCUT2D eigenvalue weighted by Gasteiger charge is 2.28. The zero-order valence-corrected chi connectivity index (χ0v) is 10.4. The zero-order valence-electron chi connectivity index (χ0n) is 10.4. The summed E-state index contributed by atoms with van der Waals surface area (Å²) in [6.45, 7) is 7.19. The summed E-state index contributed by atoms with van der Waals surface area (Å²) in [5.41, 5.74) is 4.98. The van der Waals surface area contributed by atoms with Crippen molar-refractivity contribution in [3.05, 3.63) is 0 Å². The number of carboxylic acids is 1. The number of carboxylic acid groups (broad SMARTS) is 1. The van der Waals surface area contributed by atoms with Gasteiger partial charge in [0.25, 0.3) is 0 Å². The topological polar surface area (TPSA) is 92.4 Å². The lowest BCUT2D eigenvalue weighted by atomic mass is 9.96. The third kappa shape index (κ3) is 5.11. The number of carbonyl (C=O) groups is 2. The van der Waals surface area contributed by atoms with Gasteiger partial charge in [0.1, 0.15) is 0 Å². The highest BCUT2D eigenvalue weighted by molar-refractivity contribution is 5.83. The number of aliphatic carboxylic acids is 1. The maximum atomic E-state index is 11.7. The lowest BCUT2D eigenvalue weighted by molar-refractivity contribution is -0.138. The standard InChI is InChI=1S/C11H22N2O3/c1-5-7(2)9(12)10(16)13-11(3,4)6-8(14)15/h7,9H,5-6,12H2,1-4H3,(H,13,16)(H,14,15). The number of hydrogen-bond acceptors (Lipinski definition) is 3. The molecular weight excluding hydrogens is 208 g/mol. The first-order chi connectivity index (χ1) is 7.19.